The van der Waals surface area contributed by atoms with Gasteiger partial charge in [-0.2, -0.15) is 0 Å². The summed E-state index contributed by atoms with van der Waals surface area (Å²) in [6, 6.07) is 2.45. The molecule has 20 heavy (non-hydrogen) atoms. The van der Waals surface area contributed by atoms with Crippen molar-refractivity contribution in [3.8, 4) is 5.75 Å². The third-order valence-electron chi connectivity index (χ3n) is 3.08. The number of carbonyl (C=O) groups is 1. The molecule has 1 aromatic carbocycles. The Hall–Kier alpha value is -2.57. The summed E-state index contributed by atoms with van der Waals surface area (Å²) in [5, 5.41) is 10.0. The Kier molecular flexibility index (Phi) is 3.35. The molecule has 1 heterocycles. The number of rotatable bonds is 2. The standard InChI is InChI=1S/C13H14N2O5/c1-4-20-12(18)8-5-7-9(6-10(8)16)14(2)13(19)15(3)11(7)17/h5-6,16H,4H2,1-3H3. The number of nitrogens with zero attached hydrogens (tertiary/aromatic N) is 2. The molecule has 0 radical (unpaired) electrons. The van der Waals surface area contributed by atoms with Crippen molar-refractivity contribution in [3.63, 3.8) is 0 Å². The fourth-order valence-electron chi connectivity index (χ4n) is 1.99. The number of aromatic hydroxyl groups is 1. The van der Waals surface area contributed by atoms with E-state index in [4.69, 9.17) is 4.74 Å². The minimum Gasteiger partial charge on any atom is -0.507 e. The molecule has 2 rings (SSSR count). The van der Waals surface area contributed by atoms with Gasteiger partial charge in [-0.05, 0) is 13.0 Å². The summed E-state index contributed by atoms with van der Waals surface area (Å²) in [4.78, 5) is 35.5. The number of ether oxygens (including phenoxy) is 1. The van der Waals surface area contributed by atoms with E-state index in [1.54, 1.807) is 6.92 Å². The van der Waals surface area contributed by atoms with E-state index in [1.807, 2.05) is 0 Å². The average molecular weight is 278 g/mol. The summed E-state index contributed by atoms with van der Waals surface area (Å²) in [6.07, 6.45) is 0. The number of aromatic nitrogens is 2. The molecule has 0 spiro atoms. The van der Waals surface area contributed by atoms with E-state index >= 15 is 0 Å². The number of fused-ring (bicyclic) bond motifs is 1. The van der Waals surface area contributed by atoms with Crippen LogP contribution in [0.5, 0.6) is 5.75 Å². The maximum atomic E-state index is 12.1. The highest BCUT2D eigenvalue weighted by Gasteiger charge is 2.17. The van der Waals surface area contributed by atoms with Crippen LogP contribution < -0.4 is 11.2 Å². The SMILES string of the molecule is CCOC(=O)c1cc2c(=O)n(C)c(=O)n(C)c2cc1O. The number of esters is 1. The van der Waals surface area contributed by atoms with Crippen LogP contribution in [-0.4, -0.2) is 26.8 Å². The zero-order chi connectivity index (χ0) is 15.0. The summed E-state index contributed by atoms with van der Waals surface area (Å²) in [6.45, 7) is 1.79. The molecule has 106 valence electrons. The highest BCUT2D eigenvalue weighted by molar-refractivity contribution is 5.97. The summed E-state index contributed by atoms with van der Waals surface area (Å²) in [5.41, 5.74) is -0.891. The minimum absolute atomic E-state index is 0.102. The van der Waals surface area contributed by atoms with E-state index < -0.39 is 17.2 Å². The predicted octanol–water partition coefficient (Wildman–Crippen LogP) is 0.119. The van der Waals surface area contributed by atoms with Gasteiger partial charge in [0.2, 0.25) is 0 Å². The second-order valence-electron chi connectivity index (χ2n) is 4.31. The number of phenolic OH excluding ortho intramolecular Hbond substituents is 1. The normalized spacial score (nSPS) is 10.8. The average Bonchev–Trinajstić information content (AvgIpc) is 2.42. The lowest BCUT2D eigenvalue weighted by molar-refractivity contribution is 0.0523. The fourth-order valence-corrected chi connectivity index (χ4v) is 1.99. The first kappa shape index (κ1) is 13.9. The van der Waals surface area contributed by atoms with E-state index in [2.05, 4.69) is 0 Å². The van der Waals surface area contributed by atoms with Gasteiger partial charge in [0.25, 0.3) is 5.56 Å². The smallest absolute Gasteiger partial charge is 0.341 e. The molecule has 0 aliphatic carbocycles. The van der Waals surface area contributed by atoms with Crippen molar-refractivity contribution in [2.45, 2.75) is 6.92 Å². The van der Waals surface area contributed by atoms with Crippen molar-refractivity contribution in [3.05, 3.63) is 38.5 Å². The van der Waals surface area contributed by atoms with E-state index in [0.717, 1.165) is 4.57 Å². The zero-order valence-corrected chi connectivity index (χ0v) is 11.3. The van der Waals surface area contributed by atoms with Crippen LogP contribution in [-0.2, 0) is 18.8 Å². The van der Waals surface area contributed by atoms with Crippen LogP contribution >= 0.6 is 0 Å². The van der Waals surface area contributed by atoms with Crippen LogP contribution in [0.2, 0.25) is 0 Å². The molecule has 0 unspecified atom stereocenters. The Morgan fingerprint density at radius 2 is 1.90 bits per heavy atom. The zero-order valence-electron chi connectivity index (χ0n) is 11.3. The van der Waals surface area contributed by atoms with Gasteiger partial charge in [-0.3, -0.25) is 13.9 Å². The minimum atomic E-state index is -0.720. The van der Waals surface area contributed by atoms with Crippen molar-refractivity contribution < 1.29 is 14.6 Å². The van der Waals surface area contributed by atoms with Gasteiger partial charge in [0.05, 0.1) is 17.5 Å². The molecule has 1 N–H and O–H groups in total. The number of benzene rings is 1. The maximum absolute atomic E-state index is 12.1. The molecule has 0 fully saturated rings. The van der Waals surface area contributed by atoms with Crippen molar-refractivity contribution in [2.75, 3.05) is 6.61 Å². The Morgan fingerprint density at radius 1 is 1.25 bits per heavy atom. The van der Waals surface area contributed by atoms with Crippen molar-refractivity contribution in [1.29, 1.82) is 0 Å². The fraction of sp³-hybridized carbons (Fsp3) is 0.308. The second kappa shape index (κ2) is 4.84. The van der Waals surface area contributed by atoms with Gasteiger partial charge >= 0.3 is 11.7 Å². The van der Waals surface area contributed by atoms with Gasteiger partial charge in [-0.15, -0.1) is 0 Å². The molecule has 0 saturated carbocycles. The van der Waals surface area contributed by atoms with E-state index in [9.17, 15) is 19.5 Å². The number of aryl methyl sites for hydroxylation is 1. The second-order valence-corrected chi connectivity index (χ2v) is 4.31. The first-order valence-electron chi connectivity index (χ1n) is 5.98. The van der Waals surface area contributed by atoms with Crippen LogP contribution in [0, 0.1) is 0 Å². The summed E-state index contributed by atoms with van der Waals surface area (Å²) in [7, 11) is 2.83. The Morgan fingerprint density at radius 3 is 2.50 bits per heavy atom. The van der Waals surface area contributed by atoms with E-state index in [1.165, 1.54) is 30.8 Å². The van der Waals surface area contributed by atoms with Crippen molar-refractivity contribution in [1.82, 2.24) is 9.13 Å². The van der Waals surface area contributed by atoms with Gasteiger partial charge in [-0.25, -0.2) is 9.59 Å². The van der Waals surface area contributed by atoms with Crippen LogP contribution in [0.4, 0.5) is 0 Å². The largest absolute Gasteiger partial charge is 0.507 e. The van der Waals surface area contributed by atoms with E-state index in [0.29, 0.717) is 0 Å². The van der Waals surface area contributed by atoms with Gasteiger partial charge in [-0.1, -0.05) is 0 Å². The Bertz CT molecular complexity index is 816. The third kappa shape index (κ3) is 1.97. The predicted molar refractivity (Wildman–Crippen MR) is 72.1 cm³/mol. The topological polar surface area (TPSA) is 90.5 Å². The molecule has 0 bridgehead atoms. The Balaban J connectivity index is 2.87. The van der Waals surface area contributed by atoms with Crippen LogP contribution in [0.25, 0.3) is 10.9 Å². The molecule has 0 aliphatic rings. The first-order chi connectivity index (χ1) is 9.38. The number of hydrogen-bond donors (Lipinski definition) is 1. The highest BCUT2D eigenvalue weighted by atomic mass is 16.5. The third-order valence-corrected chi connectivity index (χ3v) is 3.08. The van der Waals surface area contributed by atoms with Crippen molar-refractivity contribution >= 4 is 16.9 Å². The summed E-state index contributed by atoms with van der Waals surface area (Å²) < 4.78 is 6.97. The number of carbonyl (C=O) groups excluding carboxylic acids is 1. The van der Waals surface area contributed by atoms with Gasteiger partial charge < -0.3 is 9.84 Å². The molecule has 7 heteroatoms. The quantitative estimate of drug-likeness (QED) is 0.788. The summed E-state index contributed by atoms with van der Waals surface area (Å²) in [5.74, 6) is -1.05. The van der Waals surface area contributed by atoms with Crippen LogP contribution in [0.1, 0.15) is 17.3 Å². The van der Waals surface area contributed by atoms with Crippen LogP contribution in [0.15, 0.2) is 21.7 Å². The molecule has 0 amide bonds. The number of phenols is 1. The van der Waals surface area contributed by atoms with Gasteiger partial charge in [0.15, 0.2) is 0 Å². The molecular weight excluding hydrogens is 264 g/mol. The first-order valence-corrected chi connectivity index (χ1v) is 5.98. The molecule has 2 aromatic rings. The highest BCUT2D eigenvalue weighted by Crippen LogP contribution is 2.23. The molecule has 0 aliphatic heterocycles. The summed E-state index contributed by atoms with van der Waals surface area (Å²) >= 11 is 0. The monoisotopic (exact) mass is 278 g/mol. The van der Waals surface area contributed by atoms with Crippen molar-refractivity contribution in [2.24, 2.45) is 14.1 Å². The molecule has 7 nitrogen and oxygen atoms in total. The van der Waals surface area contributed by atoms with Gasteiger partial charge in [0.1, 0.15) is 11.3 Å². The van der Waals surface area contributed by atoms with Gasteiger partial charge in [0, 0.05) is 20.2 Å². The molecule has 0 saturated heterocycles. The molecular formula is C13H14N2O5. The number of hydrogen-bond acceptors (Lipinski definition) is 5. The molecule has 1 aromatic heterocycles. The van der Waals surface area contributed by atoms with Crippen LogP contribution in [0.3, 0.4) is 0 Å². The lowest BCUT2D eigenvalue weighted by Gasteiger charge is -2.10. The lowest BCUT2D eigenvalue weighted by atomic mass is 10.1. The maximum Gasteiger partial charge on any atom is 0.341 e. The van der Waals surface area contributed by atoms with E-state index in [-0.39, 0.29) is 28.8 Å². The molecule has 0 atom stereocenters. The Labute approximate surface area is 113 Å². The lowest BCUT2D eigenvalue weighted by Crippen LogP contribution is -2.37.